The molecule has 108 valence electrons. The molecule has 2 unspecified atom stereocenters. The van der Waals surface area contributed by atoms with Crippen molar-refractivity contribution in [3.8, 4) is 0 Å². The van der Waals surface area contributed by atoms with Gasteiger partial charge in [0.1, 0.15) is 5.82 Å². The van der Waals surface area contributed by atoms with Crippen LogP contribution < -0.4 is 5.32 Å². The third-order valence-corrected chi connectivity index (χ3v) is 4.20. The van der Waals surface area contributed by atoms with E-state index in [1.54, 1.807) is 0 Å². The molecule has 0 spiro atoms. The van der Waals surface area contributed by atoms with Crippen LogP contribution in [0.15, 0.2) is 18.3 Å². The van der Waals surface area contributed by atoms with Gasteiger partial charge in [-0.1, -0.05) is 20.3 Å². The monoisotopic (exact) mass is 273 g/mol. The van der Waals surface area contributed by atoms with E-state index in [9.17, 15) is 0 Å². The second-order valence-corrected chi connectivity index (χ2v) is 5.70. The zero-order chi connectivity index (χ0) is 14.1. The van der Waals surface area contributed by atoms with Gasteiger partial charge in [0.15, 0.2) is 0 Å². The fraction of sp³-hybridized carbons (Fsp3) is 0.600. The Balaban J connectivity index is 1.95. The minimum atomic E-state index is 0.293. The Hall–Kier alpha value is -1.78. The number of anilines is 1. The average Bonchev–Trinajstić information content (AvgIpc) is 3.04. The molecule has 0 amide bonds. The average molecular weight is 273 g/mol. The van der Waals surface area contributed by atoms with E-state index in [1.165, 1.54) is 24.2 Å². The first kappa shape index (κ1) is 13.2. The number of aromatic nitrogens is 4. The number of fused-ring (bicyclic) bond motifs is 1. The molecular weight excluding hydrogens is 250 g/mol. The van der Waals surface area contributed by atoms with E-state index in [4.69, 9.17) is 5.10 Å². The van der Waals surface area contributed by atoms with Gasteiger partial charge in [-0.3, -0.25) is 4.68 Å². The van der Waals surface area contributed by atoms with Crippen LogP contribution in [-0.4, -0.2) is 26.1 Å². The molecular formula is C15H23N5. The number of hydrogen-bond donors (Lipinski definition) is 1. The van der Waals surface area contributed by atoms with E-state index in [2.05, 4.69) is 41.1 Å². The molecule has 0 aliphatic carbocycles. The summed E-state index contributed by atoms with van der Waals surface area (Å²) in [5, 5.41) is 12.6. The number of aryl methyl sites for hydroxylation is 1. The summed E-state index contributed by atoms with van der Waals surface area (Å²) >= 11 is 0. The van der Waals surface area contributed by atoms with E-state index < -0.39 is 0 Å². The van der Waals surface area contributed by atoms with E-state index in [1.807, 2.05) is 17.9 Å². The Bertz CT molecular complexity index is 583. The van der Waals surface area contributed by atoms with E-state index in [-0.39, 0.29) is 0 Å². The van der Waals surface area contributed by atoms with Crippen LogP contribution in [0.1, 0.15) is 56.5 Å². The van der Waals surface area contributed by atoms with Gasteiger partial charge >= 0.3 is 0 Å². The maximum atomic E-state index is 4.86. The molecule has 5 nitrogen and oxygen atoms in total. The predicted octanol–water partition coefficient (Wildman–Crippen LogP) is 2.93. The Morgan fingerprint density at radius 2 is 2.35 bits per heavy atom. The third-order valence-electron chi connectivity index (χ3n) is 4.20. The molecule has 0 aromatic carbocycles. The van der Waals surface area contributed by atoms with Crippen LogP contribution in [0, 0.1) is 0 Å². The van der Waals surface area contributed by atoms with Crippen molar-refractivity contribution in [1.82, 2.24) is 19.6 Å². The lowest BCUT2D eigenvalue weighted by Crippen LogP contribution is -2.26. The van der Waals surface area contributed by atoms with E-state index >= 15 is 0 Å². The number of hydrogen-bond acceptors (Lipinski definition) is 3. The van der Waals surface area contributed by atoms with Crippen LogP contribution >= 0.6 is 0 Å². The molecule has 1 aliphatic rings. The zero-order valence-corrected chi connectivity index (χ0v) is 12.5. The topological polar surface area (TPSA) is 47.7 Å². The summed E-state index contributed by atoms with van der Waals surface area (Å²) in [5.41, 5.74) is 2.42. The summed E-state index contributed by atoms with van der Waals surface area (Å²) in [6.45, 7) is 5.48. The molecule has 2 aromatic rings. The SMILES string of the molecule is CCCC(C)c1cc2n(n1)C(c1ccnn1C)CCN2. The summed E-state index contributed by atoms with van der Waals surface area (Å²) in [7, 11) is 2.00. The maximum absolute atomic E-state index is 4.86. The Morgan fingerprint density at radius 1 is 1.50 bits per heavy atom. The van der Waals surface area contributed by atoms with Gasteiger partial charge in [-0.15, -0.1) is 0 Å². The highest BCUT2D eigenvalue weighted by Crippen LogP contribution is 2.32. The third kappa shape index (κ3) is 2.21. The van der Waals surface area contributed by atoms with Crippen LogP contribution in [0.2, 0.25) is 0 Å². The quantitative estimate of drug-likeness (QED) is 0.931. The van der Waals surface area contributed by atoms with Crippen molar-refractivity contribution in [2.24, 2.45) is 7.05 Å². The van der Waals surface area contributed by atoms with Gasteiger partial charge in [-0.2, -0.15) is 10.2 Å². The first-order valence-corrected chi connectivity index (χ1v) is 7.52. The summed E-state index contributed by atoms with van der Waals surface area (Å²) in [6.07, 6.45) is 5.30. The van der Waals surface area contributed by atoms with Gasteiger partial charge in [0.05, 0.1) is 17.4 Å². The van der Waals surface area contributed by atoms with E-state index in [0.29, 0.717) is 12.0 Å². The van der Waals surface area contributed by atoms with Gasteiger partial charge in [0.25, 0.3) is 0 Å². The summed E-state index contributed by atoms with van der Waals surface area (Å²) in [5.74, 6) is 1.66. The minimum Gasteiger partial charge on any atom is -0.370 e. The normalized spacial score (nSPS) is 19.4. The van der Waals surface area contributed by atoms with Crippen LogP contribution in [0.5, 0.6) is 0 Å². The summed E-state index contributed by atoms with van der Waals surface area (Å²) in [6, 6.07) is 4.60. The molecule has 0 saturated carbocycles. The highest BCUT2D eigenvalue weighted by Gasteiger charge is 2.26. The lowest BCUT2D eigenvalue weighted by Gasteiger charge is -2.25. The Labute approximate surface area is 120 Å². The molecule has 1 aliphatic heterocycles. The molecule has 2 aromatic heterocycles. The smallest absolute Gasteiger partial charge is 0.125 e. The fourth-order valence-corrected chi connectivity index (χ4v) is 3.05. The van der Waals surface area contributed by atoms with Gasteiger partial charge in [0, 0.05) is 31.8 Å². The Morgan fingerprint density at radius 3 is 3.05 bits per heavy atom. The molecule has 20 heavy (non-hydrogen) atoms. The standard InChI is InChI=1S/C15H23N5/c1-4-5-11(2)12-10-15-16-8-6-14(20(15)18-12)13-7-9-17-19(13)3/h7,9-11,14,16H,4-6,8H2,1-3H3. The maximum Gasteiger partial charge on any atom is 0.125 e. The molecule has 2 atom stereocenters. The first-order chi connectivity index (χ1) is 9.70. The lowest BCUT2D eigenvalue weighted by molar-refractivity contribution is 0.446. The van der Waals surface area contributed by atoms with Gasteiger partial charge in [-0.05, 0) is 18.9 Å². The largest absolute Gasteiger partial charge is 0.370 e. The van der Waals surface area contributed by atoms with Crippen molar-refractivity contribution in [1.29, 1.82) is 0 Å². The van der Waals surface area contributed by atoms with Crippen molar-refractivity contribution in [3.05, 3.63) is 29.7 Å². The minimum absolute atomic E-state index is 0.293. The van der Waals surface area contributed by atoms with Gasteiger partial charge in [0.2, 0.25) is 0 Å². The fourth-order valence-electron chi connectivity index (χ4n) is 3.05. The van der Waals surface area contributed by atoms with Crippen molar-refractivity contribution in [2.75, 3.05) is 11.9 Å². The van der Waals surface area contributed by atoms with Gasteiger partial charge in [-0.25, -0.2) is 4.68 Å². The molecule has 3 heterocycles. The summed E-state index contributed by atoms with van der Waals surface area (Å²) in [4.78, 5) is 0. The van der Waals surface area contributed by atoms with Crippen LogP contribution in [0.4, 0.5) is 5.82 Å². The van der Waals surface area contributed by atoms with Crippen LogP contribution in [0.25, 0.3) is 0 Å². The number of nitrogens with zero attached hydrogens (tertiary/aromatic N) is 4. The van der Waals surface area contributed by atoms with Crippen LogP contribution in [0.3, 0.4) is 0 Å². The van der Waals surface area contributed by atoms with Crippen LogP contribution in [-0.2, 0) is 7.05 Å². The molecule has 0 fully saturated rings. The Kier molecular flexibility index (Phi) is 3.51. The van der Waals surface area contributed by atoms with Crippen molar-refractivity contribution in [2.45, 2.75) is 45.1 Å². The highest BCUT2D eigenvalue weighted by molar-refractivity contribution is 5.41. The van der Waals surface area contributed by atoms with Crippen molar-refractivity contribution in [3.63, 3.8) is 0 Å². The van der Waals surface area contributed by atoms with E-state index in [0.717, 1.165) is 18.8 Å². The molecule has 5 heteroatoms. The van der Waals surface area contributed by atoms with Gasteiger partial charge < -0.3 is 5.32 Å². The van der Waals surface area contributed by atoms with Crippen molar-refractivity contribution >= 4 is 5.82 Å². The zero-order valence-electron chi connectivity index (χ0n) is 12.5. The second-order valence-electron chi connectivity index (χ2n) is 5.70. The van der Waals surface area contributed by atoms with Crippen molar-refractivity contribution < 1.29 is 0 Å². The molecule has 1 N–H and O–H groups in total. The molecule has 0 radical (unpaired) electrons. The second kappa shape index (κ2) is 5.31. The number of rotatable bonds is 4. The summed E-state index contributed by atoms with van der Waals surface area (Å²) < 4.78 is 4.10. The molecule has 3 rings (SSSR count). The number of nitrogens with one attached hydrogen (secondary N) is 1. The highest BCUT2D eigenvalue weighted by atomic mass is 15.4. The molecule has 0 saturated heterocycles. The predicted molar refractivity (Wildman–Crippen MR) is 80.0 cm³/mol. The first-order valence-electron chi connectivity index (χ1n) is 7.52. The lowest BCUT2D eigenvalue weighted by atomic mass is 10.0. The molecule has 0 bridgehead atoms.